The molecule has 1 aromatic carbocycles. The molecule has 0 spiro atoms. The van der Waals surface area contributed by atoms with Crippen LogP contribution in [-0.2, 0) is 15.0 Å². The quantitative estimate of drug-likeness (QED) is 0.689. The molecular weight excluding hydrogens is 383 g/mol. The van der Waals surface area contributed by atoms with Crippen molar-refractivity contribution in [3.05, 3.63) is 54.0 Å². The minimum absolute atomic E-state index is 0.148. The highest BCUT2D eigenvalue weighted by Crippen LogP contribution is 2.30. The van der Waals surface area contributed by atoms with Gasteiger partial charge in [0, 0.05) is 31.8 Å². The smallest absolute Gasteiger partial charge is 0.301 e. The zero-order valence-corrected chi connectivity index (χ0v) is 16.9. The number of hydrogen-bond donors (Lipinski definition) is 2. The van der Waals surface area contributed by atoms with E-state index >= 15 is 0 Å². The largest absolute Gasteiger partial charge is 0.357 e. The Bertz CT molecular complexity index is 973. The van der Waals surface area contributed by atoms with E-state index in [0.29, 0.717) is 11.5 Å². The molecule has 0 bridgehead atoms. The van der Waals surface area contributed by atoms with Gasteiger partial charge in [-0.1, -0.05) is 12.1 Å². The maximum Gasteiger partial charge on any atom is 0.301 e. The summed E-state index contributed by atoms with van der Waals surface area (Å²) in [6, 6.07) is 9.80. The first-order chi connectivity index (χ1) is 13.1. The lowest BCUT2D eigenvalue weighted by molar-refractivity contribution is -0.114. The molecule has 7 nitrogen and oxygen atoms in total. The zero-order valence-electron chi connectivity index (χ0n) is 16.1. The summed E-state index contributed by atoms with van der Waals surface area (Å²) in [4.78, 5) is 18.3. The molecule has 2 rings (SSSR count). The van der Waals surface area contributed by atoms with Crippen LogP contribution in [0.2, 0.25) is 0 Å². The molecule has 2 aromatic rings. The molecular formula is C19H23FN4O3S. The van der Waals surface area contributed by atoms with Gasteiger partial charge in [0.15, 0.2) is 0 Å². The van der Waals surface area contributed by atoms with Crippen molar-refractivity contribution in [2.45, 2.75) is 19.9 Å². The van der Waals surface area contributed by atoms with Gasteiger partial charge in [0.05, 0.1) is 5.69 Å². The van der Waals surface area contributed by atoms with Crippen molar-refractivity contribution in [3.63, 3.8) is 0 Å². The summed E-state index contributed by atoms with van der Waals surface area (Å²) in [6.07, 6.45) is 2.51. The van der Waals surface area contributed by atoms with Crippen molar-refractivity contribution in [3.8, 4) is 11.1 Å². The van der Waals surface area contributed by atoms with Crippen LogP contribution in [0.1, 0.15) is 19.5 Å². The van der Waals surface area contributed by atoms with Gasteiger partial charge in [-0.3, -0.25) is 4.79 Å². The Morgan fingerprint density at radius 3 is 2.39 bits per heavy atom. The van der Waals surface area contributed by atoms with Crippen LogP contribution < -0.4 is 14.3 Å². The van der Waals surface area contributed by atoms with E-state index in [1.807, 2.05) is 41.3 Å². The molecule has 1 heterocycles. The van der Waals surface area contributed by atoms with Gasteiger partial charge in [0.1, 0.15) is 11.6 Å². The van der Waals surface area contributed by atoms with Crippen LogP contribution in [0, 0.1) is 5.82 Å². The van der Waals surface area contributed by atoms with Crippen LogP contribution in [0.3, 0.4) is 0 Å². The molecule has 28 heavy (non-hydrogen) atoms. The number of aromatic nitrogens is 1. The summed E-state index contributed by atoms with van der Waals surface area (Å²) in [5.41, 5.74) is 2.10. The van der Waals surface area contributed by atoms with Crippen LogP contribution in [0.4, 0.5) is 10.2 Å². The number of carbonyl (C=O) groups excluding carboxylic acids is 1. The molecule has 0 aliphatic rings. The number of halogens is 1. The molecule has 0 fully saturated rings. The number of nitrogens with zero attached hydrogens (tertiary/aromatic N) is 2. The highest BCUT2D eigenvalue weighted by Gasteiger charge is 2.15. The Labute approximate surface area is 164 Å². The van der Waals surface area contributed by atoms with Gasteiger partial charge < -0.3 is 4.90 Å². The Morgan fingerprint density at radius 2 is 1.82 bits per heavy atom. The molecule has 0 aliphatic carbocycles. The van der Waals surface area contributed by atoms with Crippen molar-refractivity contribution >= 4 is 28.0 Å². The number of anilines is 1. The summed E-state index contributed by atoms with van der Waals surface area (Å²) in [5, 5.41) is 0. The molecule has 0 saturated heterocycles. The van der Waals surface area contributed by atoms with E-state index in [-0.39, 0.29) is 11.9 Å². The van der Waals surface area contributed by atoms with E-state index in [9.17, 15) is 17.6 Å². The average molecular weight is 406 g/mol. The summed E-state index contributed by atoms with van der Waals surface area (Å²) in [7, 11) is -0.776. The molecule has 1 amide bonds. The first-order valence-corrected chi connectivity index (χ1v) is 10.0. The van der Waals surface area contributed by atoms with E-state index < -0.39 is 16.1 Å². The SMILES string of the molecule is CNS(=O)(=O)NC(=O)/C=C/c1ccc(-c2ccc(F)cc2)c(N(C)C(C)C)n1. The molecule has 0 unspecified atom stereocenters. The Kier molecular flexibility index (Phi) is 6.87. The van der Waals surface area contributed by atoms with Crippen LogP contribution >= 0.6 is 0 Å². The maximum atomic E-state index is 13.3. The third-order valence-corrected chi connectivity index (χ3v) is 5.08. The highest BCUT2D eigenvalue weighted by molar-refractivity contribution is 7.88. The molecule has 0 atom stereocenters. The number of benzene rings is 1. The topological polar surface area (TPSA) is 91.4 Å². The van der Waals surface area contributed by atoms with Crippen molar-refractivity contribution in [2.24, 2.45) is 0 Å². The number of amides is 1. The standard InChI is InChI=1S/C19H23FN4O3S/c1-13(2)24(4)19-17(14-5-7-15(20)8-6-14)11-9-16(22-19)10-12-18(25)23-28(26,27)21-3/h5-13,21H,1-4H3,(H,23,25)/b12-10+. The second kappa shape index (κ2) is 8.94. The molecule has 0 radical (unpaired) electrons. The van der Waals surface area contributed by atoms with Crippen LogP contribution in [-0.4, -0.2) is 39.4 Å². The van der Waals surface area contributed by atoms with Crippen LogP contribution in [0.25, 0.3) is 17.2 Å². The zero-order chi connectivity index (χ0) is 20.9. The normalized spacial score (nSPS) is 11.8. The lowest BCUT2D eigenvalue weighted by Gasteiger charge is -2.25. The van der Waals surface area contributed by atoms with E-state index in [4.69, 9.17) is 0 Å². The molecule has 1 aromatic heterocycles. The van der Waals surface area contributed by atoms with E-state index in [0.717, 1.165) is 17.2 Å². The summed E-state index contributed by atoms with van der Waals surface area (Å²) in [6.45, 7) is 4.02. The fourth-order valence-electron chi connectivity index (χ4n) is 2.30. The lowest BCUT2D eigenvalue weighted by atomic mass is 10.0. The van der Waals surface area contributed by atoms with Gasteiger partial charge in [-0.15, -0.1) is 0 Å². The van der Waals surface area contributed by atoms with Crippen LogP contribution in [0.15, 0.2) is 42.5 Å². The monoisotopic (exact) mass is 406 g/mol. The molecule has 9 heteroatoms. The van der Waals surface area contributed by atoms with Gasteiger partial charge in [-0.05, 0) is 49.8 Å². The summed E-state index contributed by atoms with van der Waals surface area (Å²) in [5.74, 6) is -0.456. The second-order valence-corrected chi connectivity index (χ2v) is 7.95. The summed E-state index contributed by atoms with van der Waals surface area (Å²) < 4.78 is 39.8. The number of pyridine rings is 1. The van der Waals surface area contributed by atoms with Crippen molar-refractivity contribution < 1.29 is 17.6 Å². The second-order valence-electron chi connectivity index (χ2n) is 6.33. The Morgan fingerprint density at radius 1 is 1.18 bits per heavy atom. The molecule has 0 saturated carbocycles. The first kappa shape index (κ1) is 21.5. The maximum absolute atomic E-state index is 13.3. The van der Waals surface area contributed by atoms with Gasteiger partial charge in [0.25, 0.3) is 5.91 Å². The number of rotatable bonds is 7. The van der Waals surface area contributed by atoms with Gasteiger partial charge in [-0.2, -0.15) is 8.42 Å². The lowest BCUT2D eigenvalue weighted by Crippen LogP contribution is -2.37. The predicted molar refractivity (Wildman–Crippen MR) is 108 cm³/mol. The van der Waals surface area contributed by atoms with E-state index in [2.05, 4.69) is 4.98 Å². The highest BCUT2D eigenvalue weighted by atomic mass is 32.2. The van der Waals surface area contributed by atoms with Gasteiger partial charge in [0.2, 0.25) is 0 Å². The molecule has 2 N–H and O–H groups in total. The first-order valence-electron chi connectivity index (χ1n) is 8.56. The minimum atomic E-state index is -3.86. The van der Waals surface area contributed by atoms with Crippen molar-refractivity contribution in [2.75, 3.05) is 19.0 Å². The summed E-state index contributed by atoms with van der Waals surface area (Å²) >= 11 is 0. The fraction of sp³-hybridized carbons (Fsp3) is 0.263. The average Bonchev–Trinajstić information content (AvgIpc) is 2.66. The minimum Gasteiger partial charge on any atom is -0.357 e. The number of hydrogen-bond acceptors (Lipinski definition) is 5. The van der Waals surface area contributed by atoms with Crippen molar-refractivity contribution in [1.29, 1.82) is 0 Å². The van der Waals surface area contributed by atoms with Gasteiger partial charge in [-0.25, -0.2) is 18.8 Å². The number of carbonyl (C=O) groups is 1. The van der Waals surface area contributed by atoms with Gasteiger partial charge >= 0.3 is 10.2 Å². The van der Waals surface area contributed by atoms with E-state index in [1.165, 1.54) is 25.3 Å². The molecule has 150 valence electrons. The number of nitrogens with one attached hydrogen (secondary N) is 2. The van der Waals surface area contributed by atoms with E-state index in [1.54, 1.807) is 18.2 Å². The van der Waals surface area contributed by atoms with Crippen LogP contribution in [0.5, 0.6) is 0 Å². The third-order valence-electron chi connectivity index (χ3n) is 4.07. The Hall–Kier alpha value is -2.78. The third kappa shape index (κ3) is 5.61. The van der Waals surface area contributed by atoms with Crippen molar-refractivity contribution in [1.82, 2.24) is 14.4 Å². The predicted octanol–water partition coefficient (Wildman–Crippen LogP) is 2.33. The molecule has 0 aliphatic heterocycles. The fourth-order valence-corrected chi connectivity index (χ4v) is 2.74. The Balaban J connectivity index is 2.38.